The van der Waals surface area contributed by atoms with Crippen molar-refractivity contribution in [3.05, 3.63) is 63.9 Å². The molecule has 0 bridgehead atoms. The molecule has 0 atom stereocenters. The summed E-state index contributed by atoms with van der Waals surface area (Å²) in [5, 5.41) is 0. The van der Waals surface area contributed by atoms with Crippen molar-refractivity contribution in [3.63, 3.8) is 0 Å². The first-order valence-electron chi connectivity index (χ1n) is 8.12. The Morgan fingerprint density at radius 1 is 1.07 bits per heavy atom. The van der Waals surface area contributed by atoms with Crippen LogP contribution >= 0.6 is 15.9 Å². The molecule has 2 aromatic rings. The van der Waals surface area contributed by atoms with E-state index in [2.05, 4.69) is 31.8 Å². The molecule has 4 amide bonds. The molecule has 0 radical (unpaired) electrons. The lowest BCUT2D eigenvalue weighted by atomic mass is 10.1. The van der Waals surface area contributed by atoms with Crippen molar-refractivity contribution in [2.75, 3.05) is 6.54 Å². The van der Waals surface area contributed by atoms with Crippen molar-refractivity contribution in [2.24, 2.45) is 0 Å². The van der Waals surface area contributed by atoms with E-state index < -0.39 is 11.8 Å². The Kier molecular flexibility index (Phi) is 5.60. The Labute approximate surface area is 163 Å². The number of carbonyl (C=O) groups is 4. The first kappa shape index (κ1) is 18.7. The molecule has 1 aliphatic heterocycles. The molecule has 8 nitrogen and oxygen atoms in total. The second-order valence-corrected chi connectivity index (χ2v) is 6.72. The summed E-state index contributed by atoms with van der Waals surface area (Å²) in [4.78, 5) is 53.2. The highest BCUT2D eigenvalue weighted by molar-refractivity contribution is 9.10. The van der Waals surface area contributed by atoms with Crippen molar-refractivity contribution in [2.45, 2.75) is 12.8 Å². The molecule has 0 saturated heterocycles. The van der Waals surface area contributed by atoms with Gasteiger partial charge in [-0.3, -0.25) is 39.9 Å². The van der Waals surface area contributed by atoms with Crippen LogP contribution in [0.5, 0.6) is 0 Å². The van der Waals surface area contributed by atoms with E-state index in [1.165, 1.54) is 12.4 Å². The van der Waals surface area contributed by atoms with Gasteiger partial charge < -0.3 is 0 Å². The molecule has 138 valence electrons. The van der Waals surface area contributed by atoms with Crippen LogP contribution in [0.4, 0.5) is 0 Å². The molecule has 1 aromatic heterocycles. The molecule has 0 spiro atoms. The topological polar surface area (TPSA) is 108 Å². The maximum absolute atomic E-state index is 12.3. The summed E-state index contributed by atoms with van der Waals surface area (Å²) >= 11 is 3.28. The molecule has 0 unspecified atom stereocenters. The largest absolute Gasteiger partial charge is 0.274 e. The standard InChI is InChI=1S/C18H15BrN4O4/c19-12-5-6-13-14(9-12)18(27)23(17(13)26)8-2-4-15(24)21-22-16(25)11-3-1-7-20-10-11/h1,3,5-7,9-10H,2,4,8H2,(H,21,24)(H,22,25). The van der Waals surface area contributed by atoms with Gasteiger partial charge in [0.2, 0.25) is 5.91 Å². The molecular formula is C18H15BrN4O4. The van der Waals surface area contributed by atoms with Gasteiger partial charge in [0.25, 0.3) is 17.7 Å². The van der Waals surface area contributed by atoms with Gasteiger partial charge in [-0.1, -0.05) is 15.9 Å². The number of aromatic nitrogens is 1. The maximum Gasteiger partial charge on any atom is 0.271 e. The van der Waals surface area contributed by atoms with E-state index in [0.717, 1.165) is 4.90 Å². The first-order chi connectivity index (χ1) is 13.0. The van der Waals surface area contributed by atoms with Crippen molar-refractivity contribution < 1.29 is 19.2 Å². The lowest BCUT2D eigenvalue weighted by molar-refractivity contribution is -0.122. The van der Waals surface area contributed by atoms with Gasteiger partial charge in [0.1, 0.15) is 0 Å². The molecule has 0 saturated carbocycles. The first-order valence-corrected chi connectivity index (χ1v) is 8.91. The number of pyridine rings is 1. The van der Waals surface area contributed by atoms with E-state index >= 15 is 0 Å². The van der Waals surface area contributed by atoms with E-state index in [4.69, 9.17) is 0 Å². The number of amides is 4. The monoisotopic (exact) mass is 430 g/mol. The number of benzene rings is 1. The fraction of sp³-hybridized carbons (Fsp3) is 0.167. The van der Waals surface area contributed by atoms with Crippen LogP contribution in [0.2, 0.25) is 0 Å². The molecule has 1 aliphatic rings. The van der Waals surface area contributed by atoms with Crippen LogP contribution in [0.15, 0.2) is 47.2 Å². The zero-order valence-electron chi connectivity index (χ0n) is 14.1. The Morgan fingerprint density at radius 2 is 1.85 bits per heavy atom. The fourth-order valence-electron chi connectivity index (χ4n) is 2.62. The van der Waals surface area contributed by atoms with Gasteiger partial charge in [-0.2, -0.15) is 0 Å². The average Bonchev–Trinajstić information content (AvgIpc) is 2.91. The molecule has 2 N–H and O–H groups in total. The Balaban J connectivity index is 1.46. The minimum absolute atomic E-state index is 0.0461. The highest BCUT2D eigenvalue weighted by atomic mass is 79.9. The lowest BCUT2D eigenvalue weighted by Crippen LogP contribution is -2.42. The number of rotatable bonds is 5. The molecule has 0 fully saturated rings. The van der Waals surface area contributed by atoms with Crippen molar-refractivity contribution in [1.29, 1.82) is 0 Å². The second kappa shape index (κ2) is 8.09. The highest BCUT2D eigenvalue weighted by Gasteiger charge is 2.35. The third kappa shape index (κ3) is 4.20. The molecule has 2 heterocycles. The summed E-state index contributed by atoms with van der Waals surface area (Å²) in [5.41, 5.74) is 5.60. The predicted molar refractivity (Wildman–Crippen MR) is 98.6 cm³/mol. The molecular weight excluding hydrogens is 416 g/mol. The minimum Gasteiger partial charge on any atom is -0.274 e. The van der Waals surface area contributed by atoms with E-state index in [9.17, 15) is 19.2 Å². The van der Waals surface area contributed by atoms with Crippen molar-refractivity contribution in [3.8, 4) is 0 Å². The molecule has 27 heavy (non-hydrogen) atoms. The summed E-state index contributed by atoms with van der Waals surface area (Å²) in [7, 11) is 0. The third-order valence-corrected chi connectivity index (χ3v) is 4.45. The van der Waals surface area contributed by atoms with Gasteiger partial charge in [-0.15, -0.1) is 0 Å². The summed E-state index contributed by atoms with van der Waals surface area (Å²) in [6, 6.07) is 8.08. The molecule has 0 aliphatic carbocycles. The number of nitrogens with zero attached hydrogens (tertiary/aromatic N) is 2. The number of hydrazine groups is 1. The van der Waals surface area contributed by atoms with Gasteiger partial charge in [0.15, 0.2) is 0 Å². The van der Waals surface area contributed by atoms with Gasteiger partial charge in [0.05, 0.1) is 16.7 Å². The highest BCUT2D eigenvalue weighted by Crippen LogP contribution is 2.26. The number of hydrogen-bond acceptors (Lipinski definition) is 5. The smallest absolute Gasteiger partial charge is 0.271 e. The van der Waals surface area contributed by atoms with Crippen LogP contribution in [0.3, 0.4) is 0 Å². The van der Waals surface area contributed by atoms with E-state index in [-0.39, 0.29) is 31.2 Å². The van der Waals surface area contributed by atoms with Crippen LogP contribution in [0, 0.1) is 0 Å². The van der Waals surface area contributed by atoms with Crippen LogP contribution in [0.1, 0.15) is 43.9 Å². The SMILES string of the molecule is O=C(CCCN1C(=O)c2ccc(Br)cc2C1=O)NNC(=O)c1cccnc1. The van der Waals surface area contributed by atoms with Gasteiger partial charge in [0, 0.05) is 29.8 Å². The van der Waals surface area contributed by atoms with Crippen LogP contribution in [0.25, 0.3) is 0 Å². The zero-order valence-corrected chi connectivity index (χ0v) is 15.7. The minimum atomic E-state index is -0.484. The quantitative estimate of drug-likeness (QED) is 0.553. The van der Waals surface area contributed by atoms with E-state index in [0.29, 0.717) is 21.2 Å². The van der Waals surface area contributed by atoms with Gasteiger partial charge in [-0.25, -0.2) is 0 Å². The van der Waals surface area contributed by atoms with Crippen LogP contribution in [-0.2, 0) is 4.79 Å². The predicted octanol–water partition coefficient (Wildman–Crippen LogP) is 1.68. The van der Waals surface area contributed by atoms with Crippen molar-refractivity contribution >= 4 is 39.6 Å². The number of fused-ring (bicyclic) bond motifs is 1. The van der Waals surface area contributed by atoms with E-state index in [1.807, 2.05) is 0 Å². The van der Waals surface area contributed by atoms with Gasteiger partial charge in [-0.05, 0) is 36.8 Å². The number of halogens is 1. The summed E-state index contributed by atoms with van der Waals surface area (Å²) in [6.45, 7) is 0.119. The number of hydrogen-bond donors (Lipinski definition) is 2. The number of nitrogens with one attached hydrogen (secondary N) is 2. The van der Waals surface area contributed by atoms with Crippen LogP contribution in [-0.4, -0.2) is 40.1 Å². The Hall–Kier alpha value is -3.07. The third-order valence-electron chi connectivity index (χ3n) is 3.96. The second-order valence-electron chi connectivity index (χ2n) is 5.80. The molecule has 9 heteroatoms. The lowest BCUT2D eigenvalue weighted by Gasteiger charge is -2.13. The normalized spacial score (nSPS) is 12.7. The summed E-state index contributed by atoms with van der Waals surface area (Å²) < 4.78 is 0.716. The summed E-state index contributed by atoms with van der Waals surface area (Å²) in [5.74, 6) is -1.65. The zero-order chi connectivity index (χ0) is 19.4. The van der Waals surface area contributed by atoms with Gasteiger partial charge >= 0.3 is 0 Å². The fourth-order valence-corrected chi connectivity index (χ4v) is 2.98. The maximum atomic E-state index is 12.3. The Morgan fingerprint density at radius 3 is 2.59 bits per heavy atom. The summed E-state index contributed by atoms with van der Waals surface area (Å²) in [6.07, 6.45) is 3.24. The average molecular weight is 431 g/mol. The number of carbonyl (C=O) groups excluding carboxylic acids is 4. The van der Waals surface area contributed by atoms with Crippen LogP contribution < -0.4 is 10.9 Å². The molecule has 1 aromatic carbocycles. The Bertz CT molecular complexity index is 917. The molecule has 3 rings (SSSR count). The van der Waals surface area contributed by atoms with E-state index in [1.54, 1.807) is 30.3 Å². The van der Waals surface area contributed by atoms with Crippen molar-refractivity contribution in [1.82, 2.24) is 20.7 Å². The number of imide groups is 1.